The molecule has 1 saturated heterocycles. The van der Waals surface area contributed by atoms with Gasteiger partial charge in [0.1, 0.15) is 11.5 Å². The molecule has 0 aliphatic carbocycles. The molecular formula is C20H25N3O3. The van der Waals surface area contributed by atoms with Gasteiger partial charge >= 0.3 is 0 Å². The predicted octanol–water partition coefficient (Wildman–Crippen LogP) is 3.40. The zero-order chi connectivity index (χ0) is 18.0. The largest absolute Gasteiger partial charge is 0.457 e. The van der Waals surface area contributed by atoms with Gasteiger partial charge in [-0.25, -0.2) is 0 Å². The standard InChI is InChI=1S/C20H25N3O3/c21-20(22-11-13-24-15-19-10-5-12-25-19)23-16-6-4-9-18(14-16)26-17-7-2-1-3-8-17/h1-4,6-9,14,19H,5,10-13,15H2,(H3,21,22,23). The second kappa shape index (κ2) is 9.79. The first-order valence-corrected chi connectivity index (χ1v) is 8.89. The summed E-state index contributed by atoms with van der Waals surface area (Å²) in [5.74, 6) is 1.87. The molecule has 0 amide bonds. The van der Waals surface area contributed by atoms with E-state index in [0.29, 0.717) is 25.7 Å². The number of hydrogen-bond donors (Lipinski definition) is 2. The van der Waals surface area contributed by atoms with Crippen molar-refractivity contribution in [2.75, 3.05) is 31.7 Å². The molecule has 0 saturated carbocycles. The quantitative estimate of drug-likeness (QED) is 0.431. The van der Waals surface area contributed by atoms with E-state index in [1.807, 2.05) is 54.6 Å². The molecule has 26 heavy (non-hydrogen) atoms. The maximum atomic E-state index is 5.93. The van der Waals surface area contributed by atoms with Crippen molar-refractivity contribution in [3.05, 3.63) is 54.6 Å². The van der Waals surface area contributed by atoms with E-state index in [-0.39, 0.29) is 6.10 Å². The van der Waals surface area contributed by atoms with Crippen LogP contribution in [0.3, 0.4) is 0 Å². The summed E-state index contributed by atoms with van der Waals surface area (Å²) < 4.78 is 16.9. The SMILES string of the molecule is NC(=NCCOCC1CCCO1)Nc1cccc(Oc2ccccc2)c1. The number of nitrogens with zero attached hydrogens (tertiary/aromatic N) is 1. The fourth-order valence-electron chi connectivity index (χ4n) is 2.67. The second-order valence-corrected chi connectivity index (χ2v) is 6.04. The molecule has 1 aliphatic rings. The van der Waals surface area contributed by atoms with E-state index in [1.54, 1.807) is 0 Å². The number of anilines is 1. The lowest BCUT2D eigenvalue weighted by atomic mass is 10.2. The lowest BCUT2D eigenvalue weighted by Gasteiger charge is -2.10. The van der Waals surface area contributed by atoms with Crippen LogP contribution in [0.25, 0.3) is 0 Å². The molecule has 3 N–H and O–H groups in total. The molecule has 3 rings (SSSR count). The highest BCUT2D eigenvalue weighted by Crippen LogP contribution is 2.23. The molecule has 2 aromatic rings. The molecular weight excluding hydrogens is 330 g/mol. The fourth-order valence-corrected chi connectivity index (χ4v) is 2.67. The highest BCUT2D eigenvalue weighted by molar-refractivity contribution is 5.92. The van der Waals surface area contributed by atoms with E-state index < -0.39 is 0 Å². The Morgan fingerprint density at radius 2 is 2.00 bits per heavy atom. The monoisotopic (exact) mass is 355 g/mol. The van der Waals surface area contributed by atoms with Gasteiger partial charge in [-0.05, 0) is 37.1 Å². The number of hydrogen-bond acceptors (Lipinski definition) is 4. The molecule has 0 spiro atoms. The van der Waals surface area contributed by atoms with E-state index in [9.17, 15) is 0 Å². The minimum absolute atomic E-state index is 0.238. The molecule has 1 fully saturated rings. The van der Waals surface area contributed by atoms with E-state index >= 15 is 0 Å². The van der Waals surface area contributed by atoms with Crippen LogP contribution in [0.4, 0.5) is 5.69 Å². The number of para-hydroxylation sites is 1. The van der Waals surface area contributed by atoms with E-state index in [0.717, 1.165) is 36.6 Å². The third kappa shape index (κ3) is 6.06. The minimum Gasteiger partial charge on any atom is -0.457 e. The molecule has 1 unspecified atom stereocenters. The topological polar surface area (TPSA) is 78.1 Å². The van der Waals surface area contributed by atoms with Gasteiger partial charge in [-0.1, -0.05) is 24.3 Å². The number of aliphatic imine (C=N–C) groups is 1. The van der Waals surface area contributed by atoms with Crippen molar-refractivity contribution in [2.24, 2.45) is 10.7 Å². The zero-order valence-electron chi connectivity index (χ0n) is 14.8. The second-order valence-electron chi connectivity index (χ2n) is 6.04. The smallest absolute Gasteiger partial charge is 0.193 e. The number of guanidine groups is 1. The highest BCUT2D eigenvalue weighted by Gasteiger charge is 2.14. The van der Waals surface area contributed by atoms with E-state index in [1.165, 1.54) is 0 Å². The van der Waals surface area contributed by atoms with Gasteiger partial charge in [0.15, 0.2) is 5.96 Å². The molecule has 1 atom stereocenters. The first kappa shape index (κ1) is 18.2. The lowest BCUT2D eigenvalue weighted by molar-refractivity contribution is 0.0200. The third-order valence-corrected chi connectivity index (χ3v) is 3.93. The van der Waals surface area contributed by atoms with Crippen molar-refractivity contribution in [1.82, 2.24) is 0 Å². The van der Waals surface area contributed by atoms with Crippen LogP contribution in [0.2, 0.25) is 0 Å². The van der Waals surface area contributed by atoms with Gasteiger partial charge in [-0.15, -0.1) is 0 Å². The van der Waals surface area contributed by atoms with Crippen LogP contribution in [0.5, 0.6) is 11.5 Å². The first-order valence-electron chi connectivity index (χ1n) is 8.89. The number of nitrogens with two attached hydrogens (primary N) is 1. The number of benzene rings is 2. The summed E-state index contributed by atoms with van der Waals surface area (Å²) >= 11 is 0. The van der Waals surface area contributed by atoms with Crippen molar-refractivity contribution in [2.45, 2.75) is 18.9 Å². The van der Waals surface area contributed by atoms with Gasteiger partial charge in [-0.3, -0.25) is 4.99 Å². The van der Waals surface area contributed by atoms with Gasteiger partial charge in [0, 0.05) is 18.4 Å². The molecule has 0 aromatic heterocycles. The summed E-state index contributed by atoms with van der Waals surface area (Å²) in [6, 6.07) is 17.2. The third-order valence-electron chi connectivity index (χ3n) is 3.93. The molecule has 1 aliphatic heterocycles. The van der Waals surface area contributed by atoms with Crippen LogP contribution in [0, 0.1) is 0 Å². The molecule has 0 bridgehead atoms. The molecule has 138 valence electrons. The Kier molecular flexibility index (Phi) is 6.87. The summed E-state index contributed by atoms with van der Waals surface area (Å²) in [5, 5.41) is 3.07. The average Bonchev–Trinajstić information content (AvgIpc) is 3.16. The van der Waals surface area contributed by atoms with Crippen LogP contribution in [-0.2, 0) is 9.47 Å². The van der Waals surface area contributed by atoms with Gasteiger partial charge < -0.3 is 25.3 Å². The molecule has 1 heterocycles. The normalized spacial score (nSPS) is 17.2. The van der Waals surface area contributed by atoms with Gasteiger partial charge in [0.25, 0.3) is 0 Å². The molecule has 6 heteroatoms. The Morgan fingerprint density at radius 1 is 1.15 bits per heavy atom. The molecule has 6 nitrogen and oxygen atoms in total. The Labute approximate surface area is 154 Å². The highest BCUT2D eigenvalue weighted by atomic mass is 16.5. The Bertz CT molecular complexity index is 700. The van der Waals surface area contributed by atoms with Gasteiger partial charge in [-0.2, -0.15) is 0 Å². The Morgan fingerprint density at radius 3 is 2.81 bits per heavy atom. The fraction of sp³-hybridized carbons (Fsp3) is 0.350. The summed E-state index contributed by atoms with van der Waals surface area (Å²) in [5.41, 5.74) is 6.75. The first-order chi connectivity index (χ1) is 12.8. The van der Waals surface area contributed by atoms with E-state index in [4.69, 9.17) is 19.9 Å². The van der Waals surface area contributed by atoms with Crippen LogP contribution in [0.1, 0.15) is 12.8 Å². The van der Waals surface area contributed by atoms with Crippen LogP contribution >= 0.6 is 0 Å². The van der Waals surface area contributed by atoms with Crippen molar-refractivity contribution < 1.29 is 14.2 Å². The van der Waals surface area contributed by atoms with E-state index in [2.05, 4.69) is 10.3 Å². The molecule has 2 aromatic carbocycles. The maximum absolute atomic E-state index is 5.93. The van der Waals surface area contributed by atoms with Crippen LogP contribution in [0.15, 0.2) is 59.6 Å². The Hall–Kier alpha value is -2.57. The van der Waals surface area contributed by atoms with Crippen molar-refractivity contribution in [3.8, 4) is 11.5 Å². The Balaban J connectivity index is 1.43. The van der Waals surface area contributed by atoms with Crippen LogP contribution in [-0.4, -0.2) is 38.4 Å². The van der Waals surface area contributed by atoms with Crippen molar-refractivity contribution in [1.29, 1.82) is 0 Å². The van der Waals surface area contributed by atoms with Crippen molar-refractivity contribution in [3.63, 3.8) is 0 Å². The minimum atomic E-state index is 0.238. The summed E-state index contributed by atoms with van der Waals surface area (Å²) in [6.07, 6.45) is 2.44. The summed E-state index contributed by atoms with van der Waals surface area (Å²) in [6.45, 7) is 2.50. The maximum Gasteiger partial charge on any atom is 0.193 e. The molecule has 0 radical (unpaired) electrons. The van der Waals surface area contributed by atoms with Crippen LogP contribution < -0.4 is 15.8 Å². The van der Waals surface area contributed by atoms with Gasteiger partial charge in [0.2, 0.25) is 0 Å². The zero-order valence-corrected chi connectivity index (χ0v) is 14.8. The number of ether oxygens (including phenoxy) is 3. The number of nitrogens with one attached hydrogen (secondary N) is 1. The summed E-state index contributed by atoms with van der Waals surface area (Å²) in [4.78, 5) is 4.27. The predicted molar refractivity (Wildman–Crippen MR) is 103 cm³/mol. The number of rotatable bonds is 8. The lowest BCUT2D eigenvalue weighted by Crippen LogP contribution is -2.23. The van der Waals surface area contributed by atoms with Crippen molar-refractivity contribution >= 4 is 11.6 Å². The van der Waals surface area contributed by atoms with Gasteiger partial charge in [0.05, 0.1) is 25.9 Å². The average molecular weight is 355 g/mol. The summed E-state index contributed by atoms with van der Waals surface area (Å²) in [7, 11) is 0.